The fraction of sp³-hybridized carbons (Fsp3) is 0.757. The molecule has 0 aliphatic rings. The molecule has 0 heterocycles. The first-order valence-corrected chi connectivity index (χ1v) is 32.6. The van der Waals surface area contributed by atoms with Crippen LogP contribution >= 0.6 is 0 Å². The fourth-order valence-corrected chi connectivity index (χ4v) is 9.27. The Kier molecular flexibility index (Phi) is 61.2. The van der Waals surface area contributed by atoms with Crippen molar-refractivity contribution in [3.05, 3.63) is 85.1 Å². The Morgan fingerprint density at radius 2 is 0.513 bits per heavy atom. The standard InChI is InChI=1S/C70H122O6/c1-4-7-10-13-16-19-22-24-26-27-28-29-30-31-32-33-34-35-36-37-38-39-40-41-42-43-45-46-48-51-54-57-60-63-69(72)75-66-67(65-74-68(71)62-59-56-53-50-21-18-15-12-9-6-3)76-70(73)64-61-58-55-52-49-47-44-25-23-20-17-14-11-8-5-2/h7,10,16,19,24-26,28-29,31-32,34-35,44,67H,4-6,8-9,11-15,17-18,20-23,27,30,33,36-43,45-66H2,1-3H3/b10-7-,19-16-,26-24-,29-28-,32-31-,35-34-,44-25-. The summed E-state index contributed by atoms with van der Waals surface area (Å²) in [5.74, 6) is -0.873. The Morgan fingerprint density at radius 3 is 0.816 bits per heavy atom. The van der Waals surface area contributed by atoms with Crippen LogP contribution < -0.4 is 0 Å². The van der Waals surface area contributed by atoms with Crippen LogP contribution in [0.2, 0.25) is 0 Å². The van der Waals surface area contributed by atoms with Gasteiger partial charge in [-0.05, 0) is 96.3 Å². The monoisotopic (exact) mass is 1060 g/mol. The van der Waals surface area contributed by atoms with Gasteiger partial charge in [-0.2, -0.15) is 0 Å². The minimum atomic E-state index is -0.777. The smallest absolute Gasteiger partial charge is 0.306 e. The van der Waals surface area contributed by atoms with E-state index in [0.717, 1.165) is 103 Å². The first kappa shape index (κ1) is 72.6. The van der Waals surface area contributed by atoms with Gasteiger partial charge in [0.2, 0.25) is 0 Å². The lowest BCUT2D eigenvalue weighted by Crippen LogP contribution is -2.30. The van der Waals surface area contributed by atoms with Gasteiger partial charge < -0.3 is 14.2 Å². The highest BCUT2D eigenvalue weighted by Gasteiger charge is 2.19. The number of rotatable bonds is 59. The molecule has 0 amide bonds. The van der Waals surface area contributed by atoms with E-state index in [1.54, 1.807) is 0 Å². The number of esters is 3. The maximum atomic E-state index is 12.9. The van der Waals surface area contributed by atoms with E-state index in [1.807, 2.05) is 0 Å². The molecule has 0 saturated heterocycles. The molecule has 0 bridgehead atoms. The zero-order valence-corrected chi connectivity index (χ0v) is 50.3. The van der Waals surface area contributed by atoms with Crippen LogP contribution in [0.1, 0.15) is 323 Å². The quantitative estimate of drug-likeness (QED) is 0.0261. The second-order valence-electron chi connectivity index (χ2n) is 21.6. The predicted molar refractivity (Wildman–Crippen MR) is 330 cm³/mol. The highest BCUT2D eigenvalue weighted by atomic mass is 16.6. The topological polar surface area (TPSA) is 78.9 Å². The summed E-state index contributed by atoms with van der Waals surface area (Å²) in [6.45, 7) is 6.53. The molecule has 0 rings (SSSR count). The molecule has 0 aromatic heterocycles. The molecule has 438 valence electrons. The maximum Gasteiger partial charge on any atom is 0.306 e. The molecule has 6 heteroatoms. The van der Waals surface area contributed by atoms with Crippen LogP contribution in [-0.2, 0) is 28.6 Å². The molecule has 0 N–H and O–H groups in total. The molecule has 0 aliphatic carbocycles. The Morgan fingerprint density at radius 1 is 0.276 bits per heavy atom. The summed E-state index contributed by atoms with van der Waals surface area (Å²) in [5.41, 5.74) is 0. The van der Waals surface area contributed by atoms with E-state index in [-0.39, 0.29) is 31.1 Å². The second kappa shape index (κ2) is 64.1. The van der Waals surface area contributed by atoms with E-state index in [2.05, 4.69) is 106 Å². The average Bonchev–Trinajstić information content (AvgIpc) is 3.42. The van der Waals surface area contributed by atoms with E-state index in [4.69, 9.17) is 14.2 Å². The number of carbonyl (C=O) groups excluding carboxylic acids is 3. The number of hydrogen-bond donors (Lipinski definition) is 0. The summed E-state index contributed by atoms with van der Waals surface area (Å²) in [6, 6.07) is 0. The molecule has 0 radical (unpaired) electrons. The number of carbonyl (C=O) groups is 3. The number of unbranched alkanes of at least 4 members (excludes halogenated alkanes) is 34. The minimum absolute atomic E-state index is 0.0751. The lowest BCUT2D eigenvalue weighted by atomic mass is 10.0. The lowest BCUT2D eigenvalue weighted by molar-refractivity contribution is -0.167. The first-order chi connectivity index (χ1) is 37.5. The fourth-order valence-electron chi connectivity index (χ4n) is 9.27. The van der Waals surface area contributed by atoms with Gasteiger partial charge in [-0.3, -0.25) is 14.4 Å². The SMILES string of the molecule is CC/C=C\C/C=C\C/C=C\C/C=C\C/C=C\C/C=C\CCCCCCCCCCCCCCCCC(=O)OCC(COC(=O)CCCCCCCCCCCC)OC(=O)CCCCCCC/C=C\CCCCCCCC. The molecule has 0 aromatic carbocycles. The van der Waals surface area contributed by atoms with Gasteiger partial charge in [-0.25, -0.2) is 0 Å². The van der Waals surface area contributed by atoms with E-state index >= 15 is 0 Å². The van der Waals surface area contributed by atoms with Gasteiger partial charge in [0, 0.05) is 19.3 Å². The van der Waals surface area contributed by atoms with Crippen molar-refractivity contribution in [2.24, 2.45) is 0 Å². The van der Waals surface area contributed by atoms with Gasteiger partial charge in [0.25, 0.3) is 0 Å². The summed E-state index contributed by atoms with van der Waals surface area (Å²) < 4.78 is 16.9. The van der Waals surface area contributed by atoms with Crippen LogP contribution in [0.5, 0.6) is 0 Å². The summed E-state index contributed by atoms with van der Waals surface area (Å²) >= 11 is 0. The molecule has 0 aliphatic heterocycles. The maximum absolute atomic E-state index is 12.9. The molecule has 6 nitrogen and oxygen atoms in total. The molecule has 76 heavy (non-hydrogen) atoms. The second-order valence-corrected chi connectivity index (χ2v) is 21.6. The first-order valence-electron chi connectivity index (χ1n) is 32.6. The summed E-state index contributed by atoms with van der Waals surface area (Å²) in [6.07, 6.45) is 84.6. The summed E-state index contributed by atoms with van der Waals surface area (Å²) in [4.78, 5) is 38.2. The minimum Gasteiger partial charge on any atom is -0.462 e. The van der Waals surface area contributed by atoms with E-state index in [9.17, 15) is 14.4 Å². The molecule has 1 atom stereocenters. The van der Waals surface area contributed by atoms with Gasteiger partial charge in [0.15, 0.2) is 6.10 Å². The third-order valence-electron chi connectivity index (χ3n) is 14.1. The molecule has 0 spiro atoms. The Bertz CT molecular complexity index is 1450. The van der Waals surface area contributed by atoms with Crippen molar-refractivity contribution >= 4 is 17.9 Å². The molecular formula is C70H122O6. The zero-order valence-electron chi connectivity index (χ0n) is 50.3. The molecule has 1 unspecified atom stereocenters. The predicted octanol–water partition coefficient (Wildman–Crippen LogP) is 22.3. The van der Waals surface area contributed by atoms with Gasteiger partial charge in [-0.15, -0.1) is 0 Å². The van der Waals surface area contributed by atoms with E-state index < -0.39 is 6.10 Å². The van der Waals surface area contributed by atoms with Gasteiger partial charge in [-0.1, -0.05) is 292 Å². The zero-order chi connectivity index (χ0) is 55.0. The van der Waals surface area contributed by atoms with Crippen LogP contribution in [0.4, 0.5) is 0 Å². The Hall–Kier alpha value is -3.41. The van der Waals surface area contributed by atoms with Crippen LogP contribution in [0.3, 0.4) is 0 Å². The summed E-state index contributed by atoms with van der Waals surface area (Å²) in [5, 5.41) is 0. The van der Waals surface area contributed by atoms with Crippen LogP contribution in [0.15, 0.2) is 85.1 Å². The molecule has 0 saturated carbocycles. The number of hydrogen-bond acceptors (Lipinski definition) is 6. The lowest BCUT2D eigenvalue weighted by Gasteiger charge is -2.18. The van der Waals surface area contributed by atoms with Gasteiger partial charge in [0.1, 0.15) is 13.2 Å². The average molecular weight is 1060 g/mol. The molecule has 0 fully saturated rings. The highest BCUT2D eigenvalue weighted by Crippen LogP contribution is 2.17. The Labute approximate surface area is 471 Å². The highest BCUT2D eigenvalue weighted by molar-refractivity contribution is 5.71. The van der Waals surface area contributed by atoms with Gasteiger partial charge in [0.05, 0.1) is 0 Å². The van der Waals surface area contributed by atoms with Crippen molar-refractivity contribution in [3.63, 3.8) is 0 Å². The normalized spacial score (nSPS) is 12.6. The van der Waals surface area contributed by atoms with Crippen LogP contribution in [-0.4, -0.2) is 37.2 Å². The third-order valence-corrected chi connectivity index (χ3v) is 14.1. The van der Waals surface area contributed by atoms with Crippen LogP contribution in [0, 0.1) is 0 Å². The molecule has 0 aromatic rings. The summed E-state index contributed by atoms with van der Waals surface area (Å²) in [7, 11) is 0. The molecular weight excluding hydrogens is 937 g/mol. The largest absolute Gasteiger partial charge is 0.462 e. The van der Waals surface area contributed by atoms with Crippen molar-refractivity contribution < 1.29 is 28.6 Å². The van der Waals surface area contributed by atoms with Crippen molar-refractivity contribution in [2.45, 2.75) is 329 Å². The van der Waals surface area contributed by atoms with Crippen molar-refractivity contribution in [2.75, 3.05) is 13.2 Å². The third kappa shape index (κ3) is 61.4. The van der Waals surface area contributed by atoms with Crippen LogP contribution in [0.25, 0.3) is 0 Å². The number of allylic oxidation sites excluding steroid dienone is 14. The van der Waals surface area contributed by atoms with Crippen molar-refractivity contribution in [1.82, 2.24) is 0 Å². The Balaban J connectivity index is 4.12. The van der Waals surface area contributed by atoms with Gasteiger partial charge >= 0.3 is 17.9 Å². The van der Waals surface area contributed by atoms with E-state index in [1.165, 1.54) is 180 Å². The van der Waals surface area contributed by atoms with E-state index in [0.29, 0.717) is 19.3 Å². The van der Waals surface area contributed by atoms with Crippen molar-refractivity contribution in [3.8, 4) is 0 Å². The number of ether oxygens (including phenoxy) is 3. The van der Waals surface area contributed by atoms with Crippen molar-refractivity contribution in [1.29, 1.82) is 0 Å².